The van der Waals surface area contributed by atoms with E-state index < -0.39 is 0 Å². The summed E-state index contributed by atoms with van der Waals surface area (Å²) in [5.74, 6) is 2.91. The third kappa shape index (κ3) is 15.4. The molecule has 0 aromatic rings. The van der Waals surface area contributed by atoms with Crippen LogP contribution < -0.4 is 5.73 Å². The van der Waals surface area contributed by atoms with Crippen molar-refractivity contribution in [2.24, 2.45) is 5.73 Å². The first kappa shape index (κ1) is 16.4. The van der Waals surface area contributed by atoms with Gasteiger partial charge in [-0.3, -0.25) is 0 Å². The molecule has 0 amide bonds. The fourth-order valence-electron chi connectivity index (χ4n) is 2.13. The Morgan fingerprint density at radius 3 is 1.47 bits per heavy atom. The highest BCUT2D eigenvalue weighted by atomic mass is 14.4. The van der Waals surface area contributed by atoms with Gasteiger partial charge in [0.1, 0.15) is 0 Å². The molecule has 0 atom stereocenters. The molecule has 17 heavy (non-hydrogen) atoms. The topological polar surface area (TPSA) is 26.0 Å². The van der Waals surface area contributed by atoms with Crippen molar-refractivity contribution in [2.75, 3.05) is 0 Å². The minimum atomic E-state index is 0.980. The molecular weight excluding hydrogens is 206 g/mol. The molecular formula is C16H31N. The first-order valence-corrected chi connectivity index (χ1v) is 7.60. The van der Waals surface area contributed by atoms with Gasteiger partial charge >= 0.3 is 0 Å². The van der Waals surface area contributed by atoms with Gasteiger partial charge in [-0.05, 0) is 6.42 Å². The molecule has 0 saturated heterocycles. The second-order valence-electron chi connectivity index (χ2n) is 4.96. The number of unbranched alkanes of at least 4 members (excludes halogenated alkanes) is 12. The maximum atomic E-state index is 5.11. The van der Waals surface area contributed by atoms with Gasteiger partial charge in [0.25, 0.3) is 0 Å². The zero-order valence-corrected chi connectivity index (χ0v) is 11.8. The summed E-state index contributed by atoms with van der Waals surface area (Å²) < 4.78 is 0. The van der Waals surface area contributed by atoms with Crippen LogP contribution in [0.4, 0.5) is 0 Å². The maximum absolute atomic E-state index is 5.11. The monoisotopic (exact) mass is 237 g/mol. The molecule has 100 valence electrons. The molecule has 0 saturated carbocycles. The van der Waals surface area contributed by atoms with Crippen molar-refractivity contribution in [1.29, 1.82) is 0 Å². The molecule has 0 aromatic carbocycles. The number of hydrogen-bond donors (Lipinski definition) is 1. The van der Waals surface area contributed by atoms with Gasteiger partial charge in [-0.15, -0.1) is 0 Å². The van der Waals surface area contributed by atoms with Gasteiger partial charge in [0.15, 0.2) is 0 Å². The Morgan fingerprint density at radius 2 is 1.06 bits per heavy atom. The van der Waals surface area contributed by atoms with E-state index in [2.05, 4.69) is 18.9 Å². The molecule has 0 aliphatic carbocycles. The van der Waals surface area contributed by atoms with Gasteiger partial charge in [-0.1, -0.05) is 83.5 Å². The normalized spacial score (nSPS) is 9.94. The summed E-state index contributed by atoms with van der Waals surface area (Å²) in [6.07, 6.45) is 17.7. The lowest BCUT2D eigenvalue weighted by Gasteiger charge is -2.01. The molecule has 0 spiro atoms. The molecule has 0 heterocycles. The minimum absolute atomic E-state index is 0.980. The highest BCUT2D eigenvalue weighted by Crippen LogP contribution is 2.12. The quantitative estimate of drug-likeness (QED) is 0.288. The molecule has 0 fully saturated rings. The Hall–Kier alpha value is -0.640. The lowest BCUT2D eigenvalue weighted by atomic mass is 10.0. The number of rotatable bonds is 12. The standard InChI is InChI=1S/C16H31N/c1-2-3-4-5-6-7-8-9-10-11-12-13-14-15-16-17/h2-14,17H2,1H3. The Labute approximate surface area is 109 Å². The van der Waals surface area contributed by atoms with Crippen LogP contribution in [0.1, 0.15) is 90.4 Å². The van der Waals surface area contributed by atoms with Crippen LogP contribution in [-0.2, 0) is 0 Å². The van der Waals surface area contributed by atoms with Gasteiger partial charge in [0.2, 0.25) is 0 Å². The maximum Gasteiger partial charge on any atom is 0.0107 e. The SMILES string of the molecule is CCCCCCCCCCCCCCC#CN. The van der Waals surface area contributed by atoms with Gasteiger partial charge < -0.3 is 5.73 Å². The van der Waals surface area contributed by atoms with E-state index in [1.54, 1.807) is 0 Å². The Kier molecular flexibility index (Phi) is 14.8. The minimum Gasteiger partial charge on any atom is -0.359 e. The van der Waals surface area contributed by atoms with E-state index in [4.69, 9.17) is 5.73 Å². The van der Waals surface area contributed by atoms with Gasteiger partial charge in [-0.2, -0.15) is 0 Å². The van der Waals surface area contributed by atoms with Crippen molar-refractivity contribution in [1.82, 2.24) is 0 Å². The highest BCUT2D eigenvalue weighted by Gasteiger charge is 1.92. The molecule has 0 aliphatic rings. The van der Waals surface area contributed by atoms with Crippen LogP contribution in [0.15, 0.2) is 0 Å². The van der Waals surface area contributed by atoms with Crippen LogP contribution in [0, 0.1) is 12.0 Å². The molecule has 0 aromatic heterocycles. The van der Waals surface area contributed by atoms with Crippen LogP contribution in [-0.4, -0.2) is 0 Å². The zero-order valence-electron chi connectivity index (χ0n) is 11.8. The first-order chi connectivity index (χ1) is 8.41. The summed E-state index contributed by atoms with van der Waals surface area (Å²) in [6, 6.07) is 2.46. The summed E-state index contributed by atoms with van der Waals surface area (Å²) in [6.45, 7) is 2.28. The Morgan fingerprint density at radius 1 is 0.647 bits per heavy atom. The molecule has 1 nitrogen and oxygen atoms in total. The largest absolute Gasteiger partial charge is 0.359 e. The molecule has 2 N–H and O–H groups in total. The fourth-order valence-corrected chi connectivity index (χ4v) is 2.13. The van der Waals surface area contributed by atoms with Crippen molar-refractivity contribution in [2.45, 2.75) is 90.4 Å². The first-order valence-electron chi connectivity index (χ1n) is 7.60. The second-order valence-corrected chi connectivity index (χ2v) is 4.96. The Bertz CT molecular complexity index is 187. The molecule has 1 heteroatoms. The summed E-state index contributed by atoms with van der Waals surface area (Å²) >= 11 is 0. The number of nitrogens with two attached hydrogens (primary N) is 1. The van der Waals surface area contributed by atoms with Crippen LogP contribution in [0.2, 0.25) is 0 Å². The lowest BCUT2D eigenvalue weighted by molar-refractivity contribution is 0.545. The van der Waals surface area contributed by atoms with E-state index in [1.165, 1.54) is 77.0 Å². The predicted molar refractivity (Wildman–Crippen MR) is 77.7 cm³/mol. The van der Waals surface area contributed by atoms with Crippen LogP contribution in [0.25, 0.3) is 0 Å². The Balaban J connectivity index is 2.91. The van der Waals surface area contributed by atoms with E-state index in [-0.39, 0.29) is 0 Å². The van der Waals surface area contributed by atoms with Crippen LogP contribution in [0.3, 0.4) is 0 Å². The lowest BCUT2D eigenvalue weighted by Crippen LogP contribution is -1.83. The third-order valence-corrected chi connectivity index (χ3v) is 3.26. The van der Waals surface area contributed by atoms with E-state index in [0.717, 1.165) is 6.42 Å². The van der Waals surface area contributed by atoms with Gasteiger partial charge in [0.05, 0.1) is 0 Å². The van der Waals surface area contributed by atoms with Crippen LogP contribution in [0.5, 0.6) is 0 Å². The third-order valence-electron chi connectivity index (χ3n) is 3.26. The average Bonchev–Trinajstić information content (AvgIpc) is 2.35. The fraction of sp³-hybridized carbons (Fsp3) is 0.875. The molecule has 0 unspecified atom stereocenters. The van der Waals surface area contributed by atoms with E-state index in [0.29, 0.717) is 0 Å². The number of hydrogen-bond acceptors (Lipinski definition) is 1. The molecule has 0 rings (SSSR count). The molecule has 0 bridgehead atoms. The van der Waals surface area contributed by atoms with E-state index in [9.17, 15) is 0 Å². The predicted octanol–water partition coefficient (Wildman–Crippen LogP) is 5.00. The smallest absolute Gasteiger partial charge is 0.0107 e. The average molecular weight is 237 g/mol. The van der Waals surface area contributed by atoms with E-state index >= 15 is 0 Å². The van der Waals surface area contributed by atoms with Crippen molar-refractivity contribution < 1.29 is 0 Å². The van der Waals surface area contributed by atoms with Crippen LogP contribution >= 0.6 is 0 Å². The summed E-state index contributed by atoms with van der Waals surface area (Å²) in [7, 11) is 0. The molecule has 0 radical (unpaired) electrons. The van der Waals surface area contributed by atoms with Crippen molar-refractivity contribution in [3.05, 3.63) is 0 Å². The summed E-state index contributed by atoms with van der Waals surface area (Å²) in [5.41, 5.74) is 5.11. The molecule has 0 aliphatic heterocycles. The van der Waals surface area contributed by atoms with Crippen molar-refractivity contribution in [3.8, 4) is 12.0 Å². The second kappa shape index (κ2) is 15.4. The van der Waals surface area contributed by atoms with Gasteiger partial charge in [0, 0.05) is 12.5 Å². The van der Waals surface area contributed by atoms with Crippen molar-refractivity contribution >= 4 is 0 Å². The van der Waals surface area contributed by atoms with Crippen molar-refractivity contribution in [3.63, 3.8) is 0 Å². The van der Waals surface area contributed by atoms with Gasteiger partial charge in [-0.25, -0.2) is 0 Å². The summed E-state index contributed by atoms with van der Waals surface area (Å²) in [4.78, 5) is 0. The highest BCUT2D eigenvalue weighted by molar-refractivity contribution is 4.93. The van der Waals surface area contributed by atoms with E-state index in [1.807, 2.05) is 0 Å². The summed E-state index contributed by atoms with van der Waals surface area (Å²) in [5, 5.41) is 0. The zero-order chi connectivity index (χ0) is 12.6.